The molecular weight excluding hydrogens is 671 g/mol. The van der Waals surface area contributed by atoms with Gasteiger partial charge in [-0.15, -0.1) is 0 Å². The Labute approximate surface area is 317 Å². The number of nitrogens with zero attached hydrogens (tertiary/aromatic N) is 1. The zero-order valence-electron chi connectivity index (χ0n) is 29.8. The summed E-state index contributed by atoms with van der Waals surface area (Å²) >= 11 is 0. The summed E-state index contributed by atoms with van der Waals surface area (Å²) in [7, 11) is 0. The van der Waals surface area contributed by atoms with Crippen LogP contribution in [0, 0.1) is 0 Å². The van der Waals surface area contributed by atoms with Crippen LogP contribution in [-0.4, -0.2) is 0 Å². The van der Waals surface area contributed by atoms with Crippen molar-refractivity contribution in [1.82, 2.24) is 0 Å². The molecule has 0 aliphatic rings. The minimum Gasteiger partial charge on any atom is -0.455 e. The number of furan rings is 2. The van der Waals surface area contributed by atoms with Gasteiger partial charge in [0.15, 0.2) is 0 Å². The molecule has 0 radical (unpaired) electrons. The van der Waals surface area contributed by atoms with E-state index < -0.39 is 0 Å². The van der Waals surface area contributed by atoms with E-state index in [2.05, 4.69) is 193 Å². The van der Waals surface area contributed by atoms with Gasteiger partial charge in [0.1, 0.15) is 22.3 Å². The molecule has 0 saturated heterocycles. The molecule has 3 heteroatoms. The average Bonchev–Trinajstić information content (AvgIpc) is 3.83. The van der Waals surface area contributed by atoms with Gasteiger partial charge in [-0.2, -0.15) is 0 Å². The molecule has 0 aliphatic carbocycles. The van der Waals surface area contributed by atoms with E-state index in [4.69, 9.17) is 8.83 Å². The first-order chi connectivity index (χ1) is 27.3. The molecule has 3 nitrogen and oxygen atoms in total. The molecule has 0 aliphatic heterocycles. The van der Waals surface area contributed by atoms with Crippen LogP contribution in [0.15, 0.2) is 209 Å². The lowest BCUT2D eigenvalue weighted by Gasteiger charge is -2.30. The van der Waals surface area contributed by atoms with Crippen LogP contribution in [0.4, 0.5) is 17.1 Å². The maximum absolute atomic E-state index is 6.61. The molecule has 0 amide bonds. The summed E-state index contributed by atoms with van der Waals surface area (Å²) in [6.07, 6.45) is 0. The number of fused-ring (bicyclic) bond motifs is 8. The van der Waals surface area contributed by atoms with Gasteiger partial charge in [-0.3, -0.25) is 0 Å². The van der Waals surface area contributed by atoms with Gasteiger partial charge >= 0.3 is 0 Å². The monoisotopic (exact) mass is 703 g/mol. The smallest absolute Gasteiger partial charge is 0.143 e. The highest BCUT2D eigenvalue weighted by Gasteiger charge is 2.23. The second-order valence-electron chi connectivity index (χ2n) is 14.0. The largest absolute Gasteiger partial charge is 0.455 e. The predicted octanol–water partition coefficient (Wildman–Crippen LogP) is 15.1. The summed E-state index contributed by atoms with van der Waals surface area (Å²) in [5.41, 5.74) is 13.5. The van der Waals surface area contributed by atoms with Crippen molar-refractivity contribution < 1.29 is 8.83 Å². The highest BCUT2D eigenvalue weighted by Crippen LogP contribution is 2.47. The molecule has 55 heavy (non-hydrogen) atoms. The maximum Gasteiger partial charge on any atom is 0.143 e. The molecule has 0 fully saturated rings. The van der Waals surface area contributed by atoms with Crippen molar-refractivity contribution in [3.63, 3.8) is 0 Å². The Morgan fingerprint density at radius 2 is 0.891 bits per heavy atom. The molecule has 0 saturated carbocycles. The topological polar surface area (TPSA) is 29.5 Å². The van der Waals surface area contributed by atoms with Gasteiger partial charge in [0.05, 0.1) is 11.4 Å². The molecule has 11 aromatic rings. The normalized spacial score (nSPS) is 11.6. The molecule has 0 unspecified atom stereocenters. The fourth-order valence-corrected chi connectivity index (χ4v) is 8.28. The minimum absolute atomic E-state index is 0.880. The molecule has 9 aromatic carbocycles. The summed E-state index contributed by atoms with van der Waals surface area (Å²) in [6.45, 7) is 0. The second kappa shape index (κ2) is 12.6. The zero-order chi connectivity index (χ0) is 36.3. The van der Waals surface area contributed by atoms with E-state index >= 15 is 0 Å². The van der Waals surface area contributed by atoms with Gasteiger partial charge in [0, 0.05) is 49.3 Å². The number of benzene rings is 9. The van der Waals surface area contributed by atoms with Gasteiger partial charge < -0.3 is 13.7 Å². The highest BCUT2D eigenvalue weighted by molar-refractivity contribution is 6.16. The third kappa shape index (κ3) is 5.13. The van der Waals surface area contributed by atoms with Crippen LogP contribution < -0.4 is 4.90 Å². The lowest BCUT2D eigenvalue weighted by molar-refractivity contribution is 0.670. The standard InChI is InChI=1S/C52H33NO2/c1-2-13-34(14-3-1)35-25-29-38(30-26-35)53(48-23-10-7-18-41(48)43-20-12-21-44-42-19-8-11-24-49(42)54-52(43)44)47-22-9-6-16-39(47)37-28-32-50-46(33-37)45-31-27-36-15-4-5-17-40(36)51(45)55-50/h1-33H. The summed E-state index contributed by atoms with van der Waals surface area (Å²) in [5.74, 6) is 0. The van der Waals surface area contributed by atoms with Crippen LogP contribution in [0.2, 0.25) is 0 Å². The van der Waals surface area contributed by atoms with E-state index in [0.717, 1.165) is 88.6 Å². The van der Waals surface area contributed by atoms with Crippen molar-refractivity contribution in [3.8, 4) is 33.4 Å². The Kier molecular flexibility index (Phi) is 7.17. The summed E-state index contributed by atoms with van der Waals surface area (Å²) in [6, 6.07) is 70.9. The summed E-state index contributed by atoms with van der Waals surface area (Å²) in [5, 5.41) is 6.74. The van der Waals surface area contributed by atoms with Gasteiger partial charge in [-0.25, -0.2) is 0 Å². The van der Waals surface area contributed by atoms with E-state index in [1.807, 2.05) is 12.1 Å². The van der Waals surface area contributed by atoms with Crippen LogP contribution >= 0.6 is 0 Å². The van der Waals surface area contributed by atoms with Gasteiger partial charge in [0.2, 0.25) is 0 Å². The Balaban J connectivity index is 1.13. The Hall–Kier alpha value is -7.36. The molecule has 0 bridgehead atoms. The Bertz CT molecular complexity index is 3210. The Morgan fingerprint density at radius 3 is 1.75 bits per heavy atom. The zero-order valence-corrected chi connectivity index (χ0v) is 29.8. The fourth-order valence-electron chi connectivity index (χ4n) is 8.28. The van der Waals surface area contributed by atoms with Gasteiger partial charge in [-0.05, 0) is 70.6 Å². The van der Waals surface area contributed by atoms with Crippen molar-refractivity contribution in [2.75, 3.05) is 4.90 Å². The Morgan fingerprint density at radius 1 is 0.309 bits per heavy atom. The number of hydrogen-bond acceptors (Lipinski definition) is 3. The van der Waals surface area contributed by atoms with Gasteiger partial charge in [-0.1, -0.05) is 152 Å². The second-order valence-corrected chi connectivity index (χ2v) is 14.0. The maximum atomic E-state index is 6.61. The number of para-hydroxylation sites is 4. The van der Waals surface area contributed by atoms with Crippen LogP contribution in [0.3, 0.4) is 0 Å². The molecular formula is C52H33NO2. The van der Waals surface area contributed by atoms with E-state index in [1.54, 1.807) is 0 Å². The quantitative estimate of drug-likeness (QED) is 0.173. The molecule has 258 valence electrons. The average molecular weight is 704 g/mol. The van der Waals surface area contributed by atoms with Crippen LogP contribution in [-0.2, 0) is 0 Å². The third-order valence-corrected chi connectivity index (χ3v) is 10.9. The van der Waals surface area contributed by atoms with Gasteiger partial charge in [0.25, 0.3) is 0 Å². The first-order valence-electron chi connectivity index (χ1n) is 18.7. The number of rotatable bonds is 6. The first-order valence-corrected chi connectivity index (χ1v) is 18.7. The number of anilines is 3. The summed E-state index contributed by atoms with van der Waals surface area (Å²) in [4.78, 5) is 2.39. The SMILES string of the molecule is c1ccc(-c2ccc(N(c3ccccc3-c3ccc4oc5c6ccccc6ccc5c4c3)c3ccccc3-c3cccc4c3oc3ccccc34)cc2)cc1. The van der Waals surface area contributed by atoms with Crippen LogP contribution in [0.5, 0.6) is 0 Å². The van der Waals surface area contributed by atoms with E-state index in [-0.39, 0.29) is 0 Å². The van der Waals surface area contributed by atoms with Crippen molar-refractivity contribution in [1.29, 1.82) is 0 Å². The highest BCUT2D eigenvalue weighted by atomic mass is 16.3. The molecule has 2 heterocycles. The summed E-state index contributed by atoms with van der Waals surface area (Å²) < 4.78 is 13.1. The number of hydrogen-bond donors (Lipinski definition) is 0. The lowest BCUT2D eigenvalue weighted by atomic mass is 9.96. The predicted molar refractivity (Wildman–Crippen MR) is 229 cm³/mol. The van der Waals surface area contributed by atoms with E-state index in [9.17, 15) is 0 Å². The van der Waals surface area contributed by atoms with Crippen LogP contribution in [0.25, 0.3) is 88.0 Å². The first kappa shape index (κ1) is 31.2. The van der Waals surface area contributed by atoms with Crippen LogP contribution in [0.1, 0.15) is 0 Å². The van der Waals surface area contributed by atoms with Crippen molar-refractivity contribution >= 4 is 71.7 Å². The molecule has 0 N–H and O–H groups in total. The van der Waals surface area contributed by atoms with E-state index in [0.29, 0.717) is 0 Å². The fraction of sp³-hybridized carbons (Fsp3) is 0. The van der Waals surface area contributed by atoms with Crippen molar-refractivity contribution in [2.45, 2.75) is 0 Å². The molecule has 0 atom stereocenters. The molecule has 2 aromatic heterocycles. The van der Waals surface area contributed by atoms with E-state index in [1.165, 1.54) is 16.5 Å². The minimum atomic E-state index is 0.880. The molecule has 11 rings (SSSR count). The van der Waals surface area contributed by atoms with Crippen molar-refractivity contribution in [3.05, 3.63) is 200 Å². The third-order valence-electron chi connectivity index (χ3n) is 10.9. The lowest BCUT2D eigenvalue weighted by Crippen LogP contribution is -2.12. The van der Waals surface area contributed by atoms with Crippen molar-refractivity contribution in [2.24, 2.45) is 0 Å². The molecule has 0 spiro atoms.